The van der Waals surface area contributed by atoms with Gasteiger partial charge in [0.15, 0.2) is 11.6 Å². The molecule has 0 aliphatic heterocycles. The van der Waals surface area contributed by atoms with Crippen molar-refractivity contribution in [3.8, 4) is 5.75 Å². The smallest absolute Gasteiger partial charge is 0.320 e. The van der Waals surface area contributed by atoms with Crippen LogP contribution in [-0.4, -0.2) is 42.6 Å². The minimum absolute atomic E-state index is 0.0330. The largest absolute Gasteiger partial charge is 0.494 e. The van der Waals surface area contributed by atoms with E-state index in [1.807, 2.05) is 0 Å². The third kappa shape index (κ3) is 9.62. The Labute approximate surface area is 236 Å². The first kappa shape index (κ1) is 30.6. The Bertz CT molecular complexity index is 1340. The highest BCUT2D eigenvalue weighted by Crippen LogP contribution is 2.22. The molecule has 0 saturated heterocycles. The minimum atomic E-state index is -1.09. The highest BCUT2D eigenvalue weighted by atomic mass is 19.1. The summed E-state index contributed by atoms with van der Waals surface area (Å²) < 4.78 is 19.0. The van der Waals surface area contributed by atoms with Crippen molar-refractivity contribution in [2.75, 3.05) is 24.3 Å². The fraction of sp³-hybridized carbons (Fsp3) is 0.241. The zero-order valence-electron chi connectivity index (χ0n) is 22.4. The van der Waals surface area contributed by atoms with Gasteiger partial charge in [-0.1, -0.05) is 36.8 Å². The number of hydroxylamine groups is 1. The molecule has 0 aliphatic rings. The molecule has 0 aliphatic carbocycles. The third-order valence-electron chi connectivity index (χ3n) is 5.99. The van der Waals surface area contributed by atoms with Crippen LogP contribution in [0, 0.1) is 5.82 Å². The maximum Gasteiger partial charge on any atom is 0.320 e. The van der Waals surface area contributed by atoms with Crippen LogP contribution in [0.1, 0.15) is 47.6 Å². The Balaban J connectivity index is 1.55. The van der Waals surface area contributed by atoms with Gasteiger partial charge in [0.05, 0.1) is 7.11 Å². The summed E-state index contributed by atoms with van der Waals surface area (Å²) in [5.74, 6) is -1.93. The lowest BCUT2D eigenvalue weighted by molar-refractivity contribution is -0.129. The van der Waals surface area contributed by atoms with E-state index in [4.69, 9.17) is 9.94 Å². The number of amides is 5. The standard InChI is InChI=1S/C29H32FN5O6/c1-41-24-16-15-22(18-23(24)30)32-28(38)26(19-8-4-2-5-9-19)34-29(39)33-21-13-11-20(12-14-21)27(37)31-17-7-3-6-10-25(36)35-40/h2,4-5,8-9,11-16,18,26,40H,3,6-7,10,17H2,1H3,(H,31,37)(H,32,38)(H,35,36)(H2,33,34,39)/t26-/m0/s1. The zero-order chi connectivity index (χ0) is 29.6. The normalized spacial score (nSPS) is 11.1. The number of urea groups is 1. The molecule has 0 aromatic heterocycles. The molecule has 0 saturated carbocycles. The Morgan fingerprint density at radius 2 is 1.59 bits per heavy atom. The molecule has 6 N–H and O–H groups in total. The van der Waals surface area contributed by atoms with E-state index in [-0.39, 0.29) is 23.8 Å². The van der Waals surface area contributed by atoms with Gasteiger partial charge >= 0.3 is 6.03 Å². The Hall–Kier alpha value is -4.97. The van der Waals surface area contributed by atoms with E-state index in [2.05, 4.69) is 21.3 Å². The number of unbranched alkanes of at least 4 members (excludes halogenated alkanes) is 2. The predicted molar refractivity (Wildman–Crippen MR) is 150 cm³/mol. The predicted octanol–water partition coefficient (Wildman–Crippen LogP) is 4.13. The lowest BCUT2D eigenvalue weighted by atomic mass is 10.1. The van der Waals surface area contributed by atoms with Crippen LogP contribution in [0.2, 0.25) is 0 Å². The van der Waals surface area contributed by atoms with Gasteiger partial charge < -0.3 is 26.0 Å². The number of nitrogens with one attached hydrogen (secondary N) is 5. The van der Waals surface area contributed by atoms with Crippen LogP contribution in [0.25, 0.3) is 0 Å². The van der Waals surface area contributed by atoms with E-state index < -0.39 is 29.7 Å². The first-order valence-corrected chi connectivity index (χ1v) is 12.9. The molecule has 216 valence electrons. The van der Waals surface area contributed by atoms with Crippen LogP contribution in [0.4, 0.5) is 20.6 Å². The van der Waals surface area contributed by atoms with Gasteiger partial charge in [-0.15, -0.1) is 0 Å². The number of anilines is 2. The number of carbonyl (C=O) groups excluding carboxylic acids is 4. The van der Waals surface area contributed by atoms with E-state index >= 15 is 0 Å². The van der Waals surface area contributed by atoms with Crippen molar-refractivity contribution < 1.29 is 33.5 Å². The van der Waals surface area contributed by atoms with E-state index in [1.54, 1.807) is 60.1 Å². The lowest BCUT2D eigenvalue weighted by Gasteiger charge is -2.19. The molecule has 5 amide bonds. The highest BCUT2D eigenvalue weighted by molar-refractivity contribution is 6.00. The molecule has 3 rings (SSSR count). The molecule has 12 heteroatoms. The molecular formula is C29H32FN5O6. The Morgan fingerprint density at radius 1 is 0.878 bits per heavy atom. The number of carbonyl (C=O) groups is 4. The highest BCUT2D eigenvalue weighted by Gasteiger charge is 2.23. The van der Waals surface area contributed by atoms with E-state index in [0.717, 1.165) is 6.07 Å². The first-order valence-electron chi connectivity index (χ1n) is 12.9. The van der Waals surface area contributed by atoms with Crippen LogP contribution in [0.3, 0.4) is 0 Å². The lowest BCUT2D eigenvalue weighted by Crippen LogP contribution is -2.39. The van der Waals surface area contributed by atoms with Crippen molar-refractivity contribution in [3.63, 3.8) is 0 Å². The molecule has 0 fully saturated rings. The van der Waals surface area contributed by atoms with Crippen LogP contribution in [-0.2, 0) is 9.59 Å². The van der Waals surface area contributed by atoms with Crippen molar-refractivity contribution in [3.05, 3.63) is 89.7 Å². The fourth-order valence-corrected chi connectivity index (χ4v) is 3.85. The number of benzene rings is 3. The van der Waals surface area contributed by atoms with Gasteiger partial charge in [0.2, 0.25) is 5.91 Å². The van der Waals surface area contributed by atoms with Gasteiger partial charge in [-0.3, -0.25) is 19.6 Å². The molecule has 0 radical (unpaired) electrons. The van der Waals surface area contributed by atoms with Crippen LogP contribution >= 0.6 is 0 Å². The Kier molecular flexibility index (Phi) is 11.6. The van der Waals surface area contributed by atoms with Gasteiger partial charge in [-0.05, 0) is 54.8 Å². The van der Waals surface area contributed by atoms with E-state index in [9.17, 15) is 23.6 Å². The summed E-state index contributed by atoms with van der Waals surface area (Å²) in [7, 11) is 1.34. The van der Waals surface area contributed by atoms with E-state index in [1.165, 1.54) is 19.2 Å². The average molecular weight is 566 g/mol. The SMILES string of the molecule is COc1ccc(NC(=O)[C@@H](NC(=O)Nc2ccc(C(=O)NCCCCCC(=O)NO)cc2)c2ccccc2)cc1F. The molecule has 41 heavy (non-hydrogen) atoms. The number of rotatable bonds is 13. The molecule has 0 heterocycles. The molecule has 3 aromatic rings. The zero-order valence-corrected chi connectivity index (χ0v) is 22.4. The van der Waals surface area contributed by atoms with Gasteiger partial charge in [-0.2, -0.15) is 0 Å². The monoisotopic (exact) mass is 565 g/mol. The van der Waals surface area contributed by atoms with Crippen molar-refractivity contribution in [1.29, 1.82) is 0 Å². The third-order valence-corrected chi connectivity index (χ3v) is 5.99. The average Bonchev–Trinajstić information content (AvgIpc) is 2.98. The summed E-state index contributed by atoms with van der Waals surface area (Å²) >= 11 is 0. The maximum atomic E-state index is 14.1. The second-order valence-electron chi connectivity index (χ2n) is 8.96. The molecule has 0 unspecified atom stereocenters. The topological polar surface area (TPSA) is 158 Å². The molecule has 1 atom stereocenters. The summed E-state index contributed by atoms with van der Waals surface area (Å²) in [6, 6.07) is 17.0. The minimum Gasteiger partial charge on any atom is -0.494 e. The number of hydrogen-bond donors (Lipinski definition) is 6. The first-order chi connectivity index (χ1) is 19.8. The number of hydrogen-bond acceptors (Lipinski definition) is 6. The molecule has 3 aromatic carbocycles. The maximum absolute atomic E-state index is 14.1. The van der Waals surface area contributed by atoms with Gasteiger partial charge in [0, 0.05) is 36.0 Å². The molecule has 0 spiro atoms. The van der Waals surface area contributed by atoms with Crippen molar-refractivity contribution in [2.45, 2.75) is 31.7 Å². The molecule has 0 bridgehead atoms. The number of ether oxygens (including phenoxy) is 1. The van der Waals surface area contributed by atoms with Crippen molar-refractivity contribution >= 4 is 35.1 Å². The summed E-state index contributed by atoms with van der Waals surface area (Å²) in [6.07, 6.45) is 2.20. The number of halogens is 1. The van der Waals surface area contributed by atoms with E-state index in [0.29, 0.717) is 42.6 Å². The quantitative estimate of drug-likeness (QED) is 0.104. The fourth-order valence-electron chi connectivity index (χ4n) is 3.85. The van der Waals surface area contributed by atoms with Gasteiger partial charge in [-0.25, -0.2) is 14.7 Å². The van der Waals surface area contributed by atoms with Crippen molar-refractivity contribution in [2.24, 2.45) is 0 Å². The summed E-state index contributed by atoms with van der Waals surface area (Å²) in [6.45, 7) is 0.425. The second-order valence-corrected chi connectivity index (χ2v) is 8.96. The van der Waals surface area contributed by atoms with Gasteiger partial charge in [0.1, 0.15) is 6.04 Å². The second kappa shape index (κ2) is 15.6. The summed E-state index contributed by atoms with van der Waals surface area (Å²) in [4.78, 5) is 49.2. The Morgan fingerprint density at radius 3 is 2.24 bits per heavy atom. The van der Waals surface area contributed by atoms with Crippen LogP contribution in [0.15, 0.2) is 72.8 Å². The van der Waals surface area contributed by atoms with Crippen LogP contribution < -0.4 is 31.5 Å². The van der Waals surface area contributed by atoms with Crippen LogP contribution in [0.5, 0.6) is 5.75 Å². The number of methoxy groups -OCH3 is 1. The summed E-state index contributed by atoms with van der Waals surface area (Å²) in [5, 5.41) is 19.1. The molecule has 11 nitrogen and oxygen atoms in total. The van der Waals surface area contributed by atoms with Crippen molar-refractivity contribution in [1.82, 2.24) is 16.1 Å². The van der Waals surface area contributed by atoms with Gasteiger partial charge in [0.25, 0.3) is 11.8 Å². The molecular weight excluding hydrogens is 533 g/mol. The summed E-state index contributed by atoms with van der Waals surface area (Å²) in [5.41, 5.74) is 3.07.